The molecule has 0 bridgehead atoms. The second kappa shape index (κ2) is 7.12. The van der Waals surface area contributed by atoms with Gasteiger partial charge in [0.1, 0.15) is 0 Å². The average Bonchev–Trinajstić information content (AvgIpc) is 2.46. The number of anilines is 1. The first-order chi connectivity index (χ1) is 9.70. The lowest BCUT2D eigenvalue weighted by molar-refractivity contribution is 0.102. The zero-order valence-corrected chi connectivity index (χ0v) is 12.2. The number of hydrogen-bond donors (Lipinski definition) is 2. The average molecular weight is 287 g/mol. The minimum absolute atomic E-state index is 0.134. The number of carbonyl (C=O) groups is 1. The molecule has 0 aromatic heterocycles. The fourth-order valence-corrected chi connectivity index (χ4v) is 2.14. The first-order valence-electron chi connectivity index (χ1n) is 6.38. The van der Waals surface area contributed by atoms with Gasteiger partial charge in [-0.2, -0.15) is 0 Å². The smallest absolute Gasteiger partial charge is 0.255 e. The monoisotopic (exact) mass is 287 g/mol. The maximum Gasteiger partial charge on any atom is 0.255 e. The van der Waals surface area contributed by atoms with Crippen LogP contribution in [0.5, 0.6) is 0 Å². The number of benzene rings is 2. The number of rotatable bonds is 5. The summed E-state index contributed by atoms with van der Waals surface area (Å²) in [4.78, 5) is 13.0. The van der Waals surface area contributed by atoms with Crippen molar-refractivity contribution in [1.29, 1.82) is 0 Å². The summed E-state index contributed by atoms with van der Waals surface area (Å²) >= 11 is 4.24. The fourth-order valence-electron chi connectivity index (χ4n) is 1.91. The number of nitrogens with one attached hydrogen (secondary N) is 1. The van der Waals surface area contributed by atoms with Crippen LogP contribution in [0.3, 0.4) is 0 Å². The van der Waals surface area contributed by atoms with Crippen LogP contribution in [0, 0.1) is 0 Å². The van der Waals surface area contributed by atoms with Gasteiger partial charge >= 0.3 is 0 Å². The first-order valence-corrected chi connectivity index (χ1v) is 6.82. The number of ether oxygens (including phenoxy) is 1. The van der Waals surface area contributed by atoms with E-state index >= 15 is 0 Å². The van der Waals surface area contributed by atoms with Crippen molar-refractivity contribution in [3.05, 3.63) is 59.7 Å². The summed E-state index contributed by atoms with van der Waals surface area (Å²) in [7, 11) is 1.67. The van der Waals surface area contributed by atoms with Gasteiger partial charge in [0, 0.05) is 23.3 Å². The Kier molecular flexibility index (Phi) is 5.21. The lowest BCUT2D eigenvalue weighted by Gasteiger charge is -2.11. The quantitative estimate of drug-likeness (QED) is 0.827. The van der Waals surface area contributed by atoms with E-state index in [1.165, 1.54) is 0 Å². The van der Waals surface area contributed by atoms with E-state index in [-0.39, 0.29) is 5.91 Å². The van der Waals surface area contributed by atoms with E-state index in [2.05, 4.69) is 17.9 Å². The molecule has 0 aliphatic carbocycles. The summed E-state index contributed by atoms with van der Waals surface area (Å²) in [5, 5.41) is 2.93. The predicted octanol–water partition coefficient (Wildman–Crippen LogP) is 3.42. The van der Waals surface area contributed by atoms with Crippen molar-refractivity contribution in [3.8, 4) is 0 Å². The van der Waals surface area contributed by atoms with Gasteiger partial charge in [-0.15, -0.1) is 12.6 Å². The molecule has 0 fully saturated rings. The molecule has 0 aliphatic heterocycles. The van der Waals surface area contributed by atoms with E-state index in [0.717, 1.165) is 22.6 Å². The Morgan fingerprint density at radius 2 is 2.00 bits per heavy atom. The Morgan fingerprint density at radius 3 is 2.75 bits per heavy atom. The maximum absolute atomic E-state index is 12.2. The summed E-state index contributed by atoms with van der Waals surface area (Å²) < 4.78 is 5.08. The van der Waals surface area contributed by atoms with Gasteiger partial charge in [-0.1, -0.05) is 24.3 Å². The van der Waals surface area contributed by atoms with E-state index in [1.807, 2.05) is 36.4 Å². The van der Waals surface area contributed by atoms with Gasteiger partial charge < -0.3 is 10.1 Å². The van der Waals surface area contributed by atoms with E-state index < -0.39 is 0 Å². The van der Waals surface area contributed by atoms with Crippen LogP contribution >= 0.6 is 12.6 Å². The van der Waals surface area contributed by atoms with Gasteiger partial charge in [0.25, 0.3) is 5.91 Å². The van der Waals surface area contributed by atoms with Crippen LogP contribution in [-0.2, 0) is 11.2 Å². The number of amides is 1. The number of carbonyl (C=O) groups excluding carboxylic acids is 1. The highest BCUT2D eigenvalue weighted by atomic mass is 32.1. The molecule has 0 saturated carbocycles. The molecule has 1 N–H and O–H groups in total. The zero-order chi connectivity index (χ0) is 14.4. The minimum Gasteiger partial charge on any atom is -0.384 e. The van der Waals surface area contributed by atoms with Gasteiger partial charge in [0.15, 0.2) is 0 Å². The van der Waals surface area contributed by atoms with Crippen molar-refractivity contribution in [2.45, 2.75) is 11.3 Å². The Hall–Kier alpha value is -1.78. The molecular formula is C16H17NO2S. The molecule has 3 nitrogen and oxygen atoms in total. The molecule has 4 heteroatoms. The molecule has 0 unspecified atom stereocenters. The summed E-state index contributed by atoms with van der Waals surface area (Å²) in [6.07, 6.45) is 0.763. The third-order valence-corrected chi connectivity index (χ3v) is 3.23. The molecule has 104 valence electrons. The van der Waals surface area contributed by atoms with Gasteiger partial charge in [-0.25, -0.2) is 0 Å². The standard InChI is InChI=1S/C16H17NO2S/c1-19-10-9-12-5-2-3-8-15(12)17-16(18)13-6-4-7-14(20)11-13/h2-8,11,20H,9-10H2,1H3,(H,17,18). The Balaban J connectivity index is 2.15. The fraction of sp³-hybridized carbons (Fsp3) is 0.188. The molecule has 1 amide bonds. The van der Waals surface area contributed by atoms with Crippen LogP contribution in [0.1, 0.15) is 15.9 Å². The molecular weight excluding hydrogens is 270 g/mol. The molecule has 20 heavy (non-hydrogen) atoms. The molecule has 2 aromatic carbocycles. The first kappa shape index (κ1) is 14.6. The van der Waals surface area contributed by atoms with Crippen LogP contribution < -0.4 is 5.32 Å². The Labute approximate surface area is 124 Å². The van der Waals surface area contributed by atoms with Crippen LogP contribution in [0.25, 0.3) is 0 Å². The third kappa shape index (κ3) is 3.85. The number of thiol groups is 1. The minimum atomic E-state index is -0.134. The summed E-state index contributed by atoms with van der Waals surface area (Å²) in [5.41, 5.74) is 2.47. The highest BCUT2D eigenvalue weighted by Gasteiger charge is 2.08. The molecule has 0 spiro atoms. The van der Waals surface area contributed by atoms with Gasteiger partial charge in [0.2, 0.25) is 0 Å². The molecule has 2 rings (SSSR count). The highest BCUT2D eigenvalue weighted by molar-refractivity contribution is 7.80. The van der Waals surface area contributed by atoms with Crippen LogP contribution in [0.15, 0.2) is 53.4 Å². The summed E-state index contributed by atoms with van der Waals surface area (Å²) in [6.45, 7) is 0.624. The van der Waals surface area contributed by atoms with Gasteiger partial charge in [0.05, 0.1) is 6.61 Å². The lowest BCUT2D eigenvalue weighted by Crippen LogP contribution is -2.13. The molecule has 0 radical (unpaired) electrons. The number of methoxy groups -OCH3 is 1. The van der Waals surface area contributed by atoms with E-state index in [4.69, 9.17) is 4.74 Å². The second-order valence-electron chi connectivity index (χ2n) is 4.40. The van der Waals surface area contributed by atoms with Crippen LogP contribution in [0.4, 0.5) is 5.69 Å². The van der Waals surface area contributed by atoms with Gasteiger partial charge in [-0.05, 0) is 36.2 Å². The lowest BCUT2D eigenvalue weighted by atomic mass is 10.1. The maximum atomic E-state index is 12.2. The number of para-hydroxylation sites is 1. The van der Waals surface area contributed by atoms with Crippen LogP contribution in [0.2, 0.25) is 0 Å². The van der Waals surface area contributed by atoms with Crippen molar-refractivity contribution >= 4 is 24.2 Å². The largest absolute Gasteiger partial charge is 0.384 e. The SMILES string of the molecule is COCCc1ccccc1NC(=O)c1cccc(S)c1. The molecule has 2 aromatic rings. The van der Waals surface area contributed by atoms with Crippen molar-refractivity contribution in [2.24, 2.45) is 0 Å². The second-order valence-corrected chi connectivity index (χ2v) is 4.92. The molecule has 0 saturated heterocycles. The summed E-state index contributed by atoms with van der Waals surface area (Å²) in [5.74, 6) is -0.134. The van der Waals surface area contributed by atoms with Crippen molar-refractivity contribution in [2.75, 3.05) is 19.0 Å². The highest BCUT2D eigenvalue weighted by Crippen LogP contribution is 2.17. The normalized spacial score (nSPS) is 10.3. The van der Waals surface area contributed by atoms with Gasteiger partial charge in [-0.3, -0.25) is 4.79 Å². The van der Waals surface area contributed by atoms with Crippen molar-refractivity contribution < 1.29 is 9.53 Å². The van der Waals surface area contributed by atoms with E-state index in [1.54, 1.807) is 19.2 Å². The van der Waals surface area contributed by atoms with Crippen molar-refractivity contribution in [3.63, 3.8) is 0 Å². The Bertz CT molecular complexity index is 599. The summed E-state index contributed by atoms with van der Waals surface area (Å²) in [6, 6.07) is 14.9. The molecule has 0 heterocycles. The molecule has 0 atom stereocenters. The van der Waals surface area contributed by atoms with E-state index in [9.17, 15) is 4.79 Å². The predicted molar refractivity (Wildman–Crippen MR) is 83.7 cm³/mol. The Morgan fingerprint density at radius 1 is 1.20 bits per heavy atom. The number of hydrogen-bond acceptors (Lipinski definition) is 3. The zero-order valence-electron chi connectivity index (χ0n) is 11.3. The third-order valence-electron chi connectivity index (χ3n) is 2.95. The topological polar surface area (TPSA) is 38.3 Å². The van der Waals surface area contributed by atoms with E-state index in [0.29, 0.717) is 12.2 Å². The van der Waals surface area contributed by atoms with Crippen LogP contribution in [-0.4, -0.2) is 19.6 Å². The molecule has 0 aliphatic rings. The van der Waals surface area contributed by atoms with Crippen molar-refractivity contribution in [1.82, 2.24) is 0 Å².